The molecule has 0 aliphatic carbocycles. The molecule has 6 heteroatoms. The fourth-order valence-corrected chi connectivity index (χ4v) is 1.97. The van der Waals surface area contributed by atoms with Crippen LogP contribution in [0.1, 0.15) is 17.3 Å². The Bertz CT molecular complexity index is 622. The Hall–Kier alpha value is -2.01. The van der Waals surface area contributed by atoms with Crippen LogP contribution in [0.5, 0.6) is 0 Å². The summed E-state index contributed by atoms with van der Waals surface area (Å²) in [6, 6.07) is 4.89. The zero-order chi connectivity index (χ0) is 14.0. The lowest BCUT2D eigenvalue weighted by atomic mass is 10.1. The number of nitrogens with zero attached hydrogens (tertiary/aromatic N) is 2. The van der Waals surface area contributed by atoms with Gasteiger partial charge in [-0.3, -0.25) is 4.68 Å². The van der Waals surface area contributed by atoms with E-state index in [2.05, 4.69) is 5.10 Å². The molecule has 0 fully saturated rings. The highest BCUT2D eigenvalue weighted by Gasteiger charge is 2.15. The van der Waals surface area contributed by atoms with Crippen LogP contribution in [0.3, 0.4) is 0 Å². The minimum absolute atomic E-state index is 0.322. The molecule has 1 aromatic carbocycles. The Morgan fingerprint density at radius 1 is 1.53 bits per heavy atom. The number of benzene rings is 1. The quantitative estimate of drug-likeness (QED) is 0.877. The van der Waals surface area contributed by atoms with Gasteiger partial charge in [-0.2, -0.15) is 5.10 Å². The molecule has 0 saturated heterocycles. The van der Waals surface area contributed by atoms with Crippen LogP contribution in [0.2, 0.25) is 5.02 Å². The Morgan fingerprint density at radius 3 is 2.84 bits per heavy atom. The summed E-state index contributed by atoms with van der Waals surface area (Å²) < 4.78 is 6.55. The number of aromatic nitrogens is 2. The Balaban J connectivity index is 2.48. The van der Waals surface area contributed by atoms with E-state index < -0.39 is 5.97 Å². The van der Waals surface area contributed by atoms with Crippen molar-refractivity contribution in [3.63, 3.8) is 0 Å². The third kappa shape index (κ3) is 2.71. The first-order valence-corrected chi connectivity index (χ1v) is 6.17. The third-order valence-corrected chi connectivity index (χ3v) is 2.92. The van der Waals surface area contributed by atoms with Gasteiger partial charge in [0.05, 0.1) is 22.9 Å². The molecule has 0 atom stereocenters. The summed E-state index contributed by atoms with van der Waals surface area (Å²) in [7, 11) is 1.77. The number of halogens is 1. The molecule has 100 valence electrons. The average molecular weight is 280 g/mol. The summed E-state index contributed by atoms with van der Waals surface area (Å²) in [4.78, 5) is 11.7. The van der Waals surface area contributed by atoms with Crippen LogP contribution in [0.15, 0.2) is 24.4 Å². The molecule has 0 spiro atoms. The molecule has 0 unspecified atom stereocenters. The lowest BCUT2D eigenvalue weighted by Crippen LogP contribution is -2.04. The highest BCUT2D eigenvalue weighted by atomic mass is 35.5. The molecule has 19 heavy (non-hydrogen) atoms. The van der Waals surface area contributed by atoms with Crippen molar-refractivity contribution in [2.45, 2.75) is 6.92 Å². The van der Waals surface area contributed by atoms with Crippen molar-refractivity contribution in [1.82, 2.24) is 9.78 Å². The lowest BCUT2D eigenvalue weighted by Gasteiger charge is -2.06. The summed E-state index contributed by atoms with van der Waals surface area (Å²) in [6.45, 7) is 2.08. The number of esters is 1. The number of carbonyl (C=O) groups excluding carboxylic acids is 1. The highest BCUT2D eigenvalue weighted by Crippen LogP contribution is 2.31. The van der Waals surface area contributed by atoms with E-state index in [9.17, 15) is 4.79 Å². The normalized spacial score (nSPS) is 10.5. The van der Waals surface area contributed by atoms with E-state index in [-0.39, 0.29) is 0 Å². The Labute approximate surface area is 115 Å². The number of ether oxygens (including phenoxy) is 1. The van der Waals surface area contributed by atoms with Crippen molar-refractivity contribution < 1.29 is 9.53 Å². The summed E-state index contributed by atoms with van der Waals surface area (Å²) >= 11 is 6.14. The van der Waals surface area contributed by atoms with Crippen LogP contribution in [-0.4, -0.2) is 22.4 Å². The van der Waals surface area contributed by atoms with Gasteiger partial charge in [0.25, 0.3) is 0 Å². The molecular weight excluding hydrogens is 266 g/mol. The summed E-state index contributed by atoms with van der Waals surface area (Å²) in [5.41, 5.74) is 7.97. The largest absolute Gasteiger partial charge is 0.462 e. The molecule has 0 aliphatic rings. The van der Waals surface area contributed by atoms with Gasteiger partial charge in [-0.15, -0.1) is 0 Å². The maximum Gasteiger partial charge on any atom is 0.338 e. The van der Waals surface area contributed by atoms with Crippen molar-refractivity contribution in [1.29, 1.82) is 0 Å². The van der Waals surface area contributed by atoms with E-state index in [1.807, 2.05) is 0 Å². The van der Waals surface area contributed by atoms with Gasteiger partial charge in [0.1, 0.15) is 5.69 Å². The molecule has 0 aliphatic heterocycles. The molecule has 0 amide bonds. The SMILES string of the molecule is CCOC(=O)c1ccc(Cl)c(-c2nn(C)cc2N)c1. The van der Waals surface area contributed by atoms with Crippen LogP contribution >= 0.6 is 11.6 Å². The van der Waals surface area contributed by atoms with Gasteiger partial charge in [-0.25, -0.2) is 4.79 Å². The zero-order valence-electron chi connectivity index (χ0n) is 10.7. The van der Waals surface area contributed by atoms with Gasteiger partial charge in [-0.05, 0) is 25.1 Å². The molecular formula is C13H14ClN3O2. The lowest BCUT2D eigenvalue weighted by molar-refractivity contribution is 0.0526. The van der Waals surface area contributed by atoms with E-state index >= 15 is 0 Å². The molecule has 0 radical (unpaired) electrons. The molecule has 0 bridgehead atoms. The third-order valence-electron chi connectivity index (χ3n) is 2.59. The van der Waals surface area contributed by atoms with Gasteiger partial charge in [0, 0.05) is 18.8 Å². The first kappa shape index (κ1) is 13.4. The fraction of sp³-hybridized carbons (Fsp3) is 0.231. The first-order chi connectivity index (χ1) is 9.02. The van der Waals surface area contributed by atoms with Gasteiger partial charge >= 0.3 is 5.97 Å². The Morgan fingerprint density at radius 2 is 2.26 bits per heavy atom. The van der Waals surface area contributed by atoms with Crippen molar-refractivity contribution in [3.05, 3.63) is 35.0 Å². The van der Waals surface area contributed by atoms with E-state index in [0.717, 1.165) is 0 Å². The maximum absolute atomic E-state index is 11.7. The number of anilines is 1. The van der Waals surface area contributed by atoms with E-state index in [1.165, 1.54) is 0 Å². The summed E-state index contributed by atoms with van der Waals surface area (Å²) in [6.07, 6.45) is 1.68. The summed E-state index contributed by atoms with van der Waals surface area (Å²) in [5, 5.41) is 4.73. The second-order valence-electron chi connectivity index (χ2n) is 4.02. The van der Waals surface area contributed by atoms with Crippen LogP contribution in [-0.2, 0) is 11.8 Å². The monoisotopic (exact) mass is 279 g/mol. The van der Waals surface area contributed by atoms with Crippen molar-refractivity contribution in [3.8, 4) is 11.3 Å². The Kier molecular flexibility index (Phi) is 3.76. The first-order valence-electron chi connectivity index (χ1n) is 5.79. The standard InChI is InChI=1S/C13H14ClN3O2/c1-3-19-13(18)8-4-5-10(14)9(6-8)12-11(15)7-17(2)16-12/h4-7H,3,15H2,1-2H3. The van der Waals surface area contributed by atoms with Crippen LogP contribution in [0, 0.1) is 0 Å². The van der Waals surface area contributed by atoms with Crippen molar-refractivity contribution >= 4 is 23.3 Å². The van der Waals surface area contributed by atoms with E-state index in [1.54, 1.807) is 43.0 Å². The van der Waals surface area contributed by atoms with Gasteiger partial charge in [0.15, 0.2) is 0 Å². The summed E-state index contributed by atoms with van der Waals surface area (Å²) in [5.74, 6) is -0.394. The number of nitrogens with two attached hydrogens (primary N) is 1. The topological polar surface area (TPSA) is 70.1 Å². The molecule has 2 N–H and O–H groups in total. The van der Waals surface area contributed by atoms with Gasteiger partial charge in [-0.1, -0.05) is 11.6 Å². The highest BCUT2D eigenvalue weighted by molar-refractivity contribution is 6.33. The molecule has 2 rings (SSSR count). The minimum Gasteiger partial charge on any atom is -0.462 e. The predicted molar refractivity (Wildman–Crippen MR) is 74.0 cm³/mol. The fourth-order valence-electron chi connectivity index (χ4n) is 1.76. The minimum atomic E-state index is -0.394. The van der Waals surface area contributed by atoms with E-state index in [4.69, 9.17) is 22.1 Å². The van der Waals surface area contributed by atoms with Gasteiger partial charge < -0.3 is 10.5 Å². The van der Waals surface area contributed by atoms with E-state index in [0.29, 0.717) is 34.1 Å². The smallest absolute Gasteiger partial charge is 0.338 e. The molecule has 5 nitrogen and oxygen atoms in total. The molecule has 1 heterocycles. The van der Waals surface area contributed by atoms with Crippen LogP contribution < -0.4 is 5.73 Å². The van der Waals surface area contributed by atoms with Crippen molar-refractivity contribution in [2.24, 2.45) is 7.05 Å². The van der Waals surface area contributed by atoms with Crippen LogP contribution in [0.4, 0.5) is 5.69 Å². The van der Waals surface area contributed by atoms with Gasteiger partial charge in [0.2, 0.25) is 0 Å². The number of nitrogen functional groups attached to an aromatic ring is 1. The number of aryl methyl sites for hydroxylation is 1. The zero-order valence-corrected chi connectivity index (χ0v) is 11.4. The number of hydrogen-bond acceptors (Lipinski definition) is 4. The van der Waals surface area contributed by atoms with Crippen LogP contribution in [0.25, 0.3) is 11.3 Å². The number of carbonyl (C=O) groups is 1. The molecule has 2 aromatic rings. The number of rotatable bonds is 3. The maximum atomic E-state index is 11.7. The average Bonchev–Trinajstić information content (AvgIpc) is 2.69. The molecule has 1 aromatic heterocycles. The second kappa shape index (κ2) is 5.32. The molecule has 0 saturated carbocycles. The van der Waals surface area contributed by atoms with Crippen molar-refractivity contribution in [2.75, 3.05) is 12.3 Å². The number of hydrogen-bond donors (Lipinski definition) is 1. The predicted octanol–water partition coefficient (Wildman–Crippen LogP) is 2.50. The second-order valence-corrected chi connectivity index (χ2v) is 4.43.